The lowest BCUT2D eigenvalue weighted by Crippen LogP contribution is -2.73. The van der Waals surface area contributed by atoms with E-state index in [0.717, 1.165) is 12.8 Å². The Bertz CT molecular complexity index is 412. The maximum atomic E-state index is 12.8. The first-order chi connectivity index (χ1) is 9.22. The summed E-state index contributed by atoms with van der Waals surface area (Å²) in [4.78, 5) is 27.2. The average molecular weight is 282 g/mol. The van der Waals surface area contributed by atoms with Gasteiger partial charge in [-0.3, -0.25) is 9.59 Å². The second kappa shape index (κ2) is 5.02. The van der Waals surface area contributed by atoms with E-state index in [1.54, 1.807) is 12.0 Å². The van der Waals surface area contributed by atoms with E-state index in [2.05, 4.69) is 5.32 Å². The monoisotopic (exact) mass is 282 g/mol. The highest BCUT2D eigenvalue weighted by molar-refractivity contribution is 6.00. The normalized spacial score (nSPS) is 31.4. The third-order valence-corrected chi connectivity index (χ3v) is 4.57. The topological polar surface area (TPSA) is 58.6 Å². The smallest absolute Gasteiger partial charge is 0.246 e. The molecule has 2 fully saturated rings. The van der Waals surface area contributed by atoms with Gasteiger partial charge in [-0.25, -0.2) is 0 Å². The molecule has 0 aromatic carbocycles. The van der Waals surface area contributed by atoms with Crippen molar-refractivity contribution in [3.63, 3.8) is 0 Å². The third kappa shape index (κ3) is 2.43. The van der Waals surface area contributed by atoms with Crippen molar-refractivity contribution in [3.8, 4) is 0 Å². The maximum absolute atomic E-state index is 12.8. The van der Waals surface area contributed by atoms with Crippen molar-refractivity contribution in [2.45, 2.75) is 52.1 Å². The number of amides is 2. The van der Waals surface area contributed by atoms with Crippen LogP contribution in [0.2, 0.25) is 0 Å². The number of methoxy groups -OCH3 is 1. The summed E-state index contributed by atoms with van der Waals surface area (Å²) in [5.74, 6) is 0.281. The summed E-state index contributed by atoms with van der Waals surface area (Å²) in [6, 6.07) is -0.460. The largest absolute Gasteiger partial charge is 0.383 e. The number of carbonyl (C=O) groups excluding carboxylic acids is 2. The van der Waals surface area contributed by atoms with Crippen LogP contribution in [0.15, 0.2) is 0 Å². The van der Waals surface area contributed by atoms with Gasteiger partial charge in [0.15, 0.2) is 0 Å². The molecule has 0 bridgehead atoms. The molecule has 1 heterocycles. The summed E-state index contributed by atoms with van der Waals surface area (Å²) < 4.78 is 5.12. The Morgan fingerprint density at radius 1 is 1.35 bits per heavy atom. The van der Waals surface area contributed by atoms with Crippen molar-refractivity contribution < 1.29 is 14.3 Å². The van der Waals surface area contributed by atoms with E-state index in [1.807, 2.05) is 27.7 Å². The van der Waals surface area contributed by atoms with Gasteiger partial charge in [-0.05, 0) is 31.1 Å². The van der Waals surface area contributed by atoms with Crippen LogP contribution in [0.3, 0.4) is 0 Å². The Hall–Kier alpha value is -1.10. The fourth-order valence-corrected chi connectivity index (χ4v) is 3.01. The van der Waals surface area contributed by atoms with Gasteiger partial charge in [-0.2, -0.15) is 0 Å². The van der Waals surface area contributed by atoms with E-state index in [4.69, 9.17) is 4.74 Å². The zero-order valence-corrected chi connectivity index (χ0v) is 13.2. The third-order valence-electron chi connectivity index (χ3n) is 4.57. The molecule has 1 N–H and O–H groups in total. The number of nitrogens with one attached hydrogen (secondary N) is 1. The van der Waals surface area contributed by atoms with Crippen LogP contribution in [0, 0.1) is 11.3 Å². The summed E-state index contributed by atoms with van der Waals surface area (Å²) in [5, 5.41) is 2.95. The zero-order chi connectivity index (χ0) is 15.1. The molecule has 2 atom stereocenters. The molecule has 2 amide bonds. The molecule has 1 saturated heterocycles. The molecule has 0 aromatic rings. The minimum atomic E-state index is -0.711. The Balaban J connectivity index is 2.31. The van der Waals surface area contributed by atoms with E-state index >= 15 is 0 Å². The van der Waals surface area contributed by atoms with Crippen molar-refractivity contribution in [1.82, 2.24) is 10.2 Å². The molecule has 0 spiro atoms. The second-order valence-electron chi connectivity index (χ2n) is 7.18. The first kappa shape index (κ1) is 15.3. The van der Waals surface area contributed by atoms with E-state index in [9.17, 15) is 9.59 Å². The molecular formula is C15H26N2O3. The van der Waals surface area contributed by atoms with E-state index in [-0.39, 0.29) is 23.1 Å². The summed E-state index contributed by atoms with van der Waals surface area (Å²) in [6.45, 7) is 8.76. The predicted molar refractivity (Wildman–Crippen MR) is 76.1 cm³/mol. The highest BCUT2D eigenvalue weighted by atomic mass is 16.5. The molecule has 0 aromatic heterocycles. The number of carbonyl (C=O) groups is 2. The fourth-order valence-electron chi connectivity index (χ4n) is 3.01. The molecule has 20 heavy (non-hydrogen) atoms. The molecule has 1 aliphatic heterocycles. The highest BCUT2D eigenvalue weighted by Gasteiger charge is 2.58. The molecule has 114 valence electrons. The van der Waals surface area contributed by atoms with Gasteiger partial charge in [0.25, 0.3) is 0 Å². The molecule has 1 aliphatic carbocycles. The van der Waals surface area contributed by atoms with E-state index in [0.29, 0.717) is 13.2 Å². The Morgan fingerprint density at radius 2 is 1.95 bits per heavy atom. The lowest BCUT2D eigenvalue weighted by Gasteiger charge is -2.49. The van der Waals surface area contributed by atoms with Crippen LogP contribution < -0.4 is 5.32 Å². The van der Waals surface area contributed by atoms with Crippen LogP contribution in [0.1, 0.15) is 40.5 Å². The fraction of sp³-hybridized carbons (Fsp3) is 0.867. The molecule has 2 unspecified atom stereocenters. The van der Waals surface area contributed by atoms with Gasteiger partial charge in [0.05, 0.1) is 6.61 Å². The number of piperazine rings is 1. The average Bonchev–Trinajstić information content (AvgIpc) is 3.16. The van der Waals surface area contributed by atoms with Crippen molar-refractivity contribution in [3.05, 3.63) is 0 Å². The van der Waals surface area contributed by atoms with Gasteiger partial charge >= 0.3 is 0 Å². The molecule has 5 heteroatoms. The number of nitrogens with zero attached hydrogens (tertiary/aromatic N) is 1. The quantitative estimate of drug-likeness (QED) is 0.842. The van der Waals surface area contributed by atoms with Crippen LogP contribution in [0.4, 0.5) is 0 Å². The number of hydrogen-bond acceptors (Lipinski definition) is 3. The molecule has 5 nitrogen and oxygen atoms in total. The lowest BCUT2D eigenvalue weighted by molar-refractivity contribution is -0.162. The zero-order valence-electron chi connectivity index (χ0n) is 13.2. The van der Waals surface area contributed by atoms with Gasteiger partial charge in [-0.1, -0.05) is 20.8 Å². The number of ether oxygens (including phenoxy) is 1. The van der Waals surface area contributed by atoms with Crippen LogP contribution in [-0.4, -0.2) is 48.6 Å². The van der Waals surface area contributed by atoms with Gasteiger partial charge in [0.2, 0.25) is 11.8 Å². The Kier molecular flexibility index (Phi) is 3.84. The first-order valence-electron chi connectivity index (χ1n) is 7.34. The van der Waals surface area contributed by atoms with Crippen LogP contribution in [-0.2, 0) is 14.3 Å². The molecular weight excluding hydrogens is 256 g/mol. The minimum Gasteiger partial charge on any atom is -0.383 e. The van der Waals surface area contributed by atoms with Crippen LogP contribution >= 0.6 is 0 Å². The van der Waals surface area contributed by atoms with E-state index in [1.165, 1.54) is 0 Å². The van der Waals surface area contributed by atoms with Crippen LogP contribution in [0.5, 0.6) is 0 Å². The molecule has 1 saturated carbocycles. The van der Waals surface area contributed by atoms with Gasteiger partial charge in [0, 0.05) is 13.7 Å². The van der Waals surface area contributed by atoms with E-state index < -0.39 is 11.6 Å². The summed E-state index contributed by atoms with van der Waals surface area (Å²) in [7, 11) is 1.62. The standard InChI is InChI=1S/C15H26N2O3/c1-14(2,3)11-12(18)17(8-9-20-5)15(4,10-6-7-10)13(19)16-11/h10-11H,6-9H2,1-5H3,(H,16,19). The number of rotatable bonds is 4. The van der Waals surface area contributed by atoms with Gasteiger partial charge in [0.1, 0.15) is 11.6 Å². The summed E-state index contributed by atoms with van der Waals surface area (Å²) >= 11 is 0. The maximum Gasteiger partial charge on any atom is 0.246 e. The minimum absolute atomic E-state index is 0.0172. The first-order valence-corrected chi connectivity index (χ1v) is 7.34. The molecule has 0 radical (unpaired) electrons. The van der Waals surface area contributed by atoms with Crippen molar-refractivity contribution >= 4 is 11.8 Å². The Morgan fingerprint density at radius 3 is 2.40 bits per heavy atom. The van der Waals surface area contributed by atoms with Crippen LogP contribution in [0.25, 0.3) is 0 Å². The molecule has 2 rings (SSSR count). The molecule has 2 aliphatic rings. The summed E-state index contributed by atoms with van der Waals surface area (Å²) in [5.41, 5.74) is -1.000. The SMILES string of the molecule is COCCN1C(=O)C(C(C)(C)C)NC(=O)C1(C)C1CC1. The number of hydrogen-bond donors (Lipinski definition) is 1. The van der Waals surface area contributed by atoms with Gasteiger partial charge < -0.3 is 15.0 Å². The highest BCUT2D eigenvalue weighted by Crippen LogP contribution is 2.45. The predicted octanol–water partition coefficient (Wildman–Crippen LogP) is 1.17. The lowest BCUT2D eigenvalue weighted by atomic mass is 9.80. The summed E-state index contributed by atoms with van der Waals surface area (Å²) in [6.07, 6.45) is 2.03. The van der Waals surface area contributed by atoms with Gasteiger partial charge in [-0.15, -0.1) is 0 Å². The van der Waals surface area contributed by atoms with Crippen molar-refractivity contribution in [2.24, 2.45) is 11.3 Å². The Labute approximate surface area is 121 Å². The van der Waals surface area contributed by atoms with Crippen molar-refractivity contribution in [1.29, 1.82) is 0 Å². The second-order valence-corrected chi connectivity index (χ2v) is 7.18. The van der Waals surface area contributed by atoms with Crippen molar-refractivity contribution in [2.75, 3.05) is 20.3 Å².